The van der Waals surface area contributed by atoms with Gasteiger partial charge in [0.15, 0.2) is 0 Å². The molecule has 2 N–H and O–H groups in total. The number of nitrogens with zero attached hydrogens (tertiary/aromatic N) is 2. The Labute approximate surface area is 135 Å². The van der Waals surface area contributed by atoms with Gasteiger partial charge < -0.3 is 10.6 Å². The number of hydrogen-bond donors (Lipinski definition) is 1. The maximum atomic E-state index is 5.96. The van der Waals surface area contributed by atoms with E-state index in [2.05, 4.69) is 41.1 Å². The molecule has 110 valence electrons. The van der Waals surface area contributed by atoms with Crippen molar-refractivity contribution in [2.45, 2.75) is 18.4 Å². The summed E-state index contributed by atoms with van der Waals surface area (Å²) in [7, 11) is 2.05. The predicted octanol–water partition coefficient (Wildman–Crippen LogP) is 3.46. The van der Waals surface area contributed by atoms with E-state index in [0.717, 1.165) is 34.0 Å². The van der Waals surface area contributed by atoms with Gasteiger partial charge in [-0.15, -0.1) is 11.8 Å². The highest BCUT2D eigenvalue weighted by atomic mass is 32.2. The van der Waals surface area contributed by atoms with Crippen molar-refractivity contribution in [2.24, 2.45) is 5.73 Å². The number of thiocarbonyl (C=S) groups is 1. The standard InChI is InChI=1S/C16H19N3S2/c1-3-21-14-8-4-7-13(15(14)16(17)20)19(2)11-12-6-5-9-18-10-12/h4-10H,3,11H2,1-2H3,(H2,17,20). The van der Waals surface area contributed by atoms with Gasteiger partial charge in [-0.3, -0.25) is 4.98 Å². The summed E-state index contributed by atoms with van der Waals surface area (Å²) in [6.45, 7) is 2.89. The average Bonchev–Trinajstić information content (AvgIpc) is 2.48. The maximum absolute atomic E-state index is 5.96. The molecule has 5 heteroatoms. The molecule has 0 radical (unpaired) electrons. The summed E-state index contributed by atoms with van der Waals surface area (Å²) in [5, 5.41) is 0. The third-order valence-electron chi connectivity index (χ3n) is 3.10. The lowest BCUT2D eigenvalue weighted by Crippen LogP contribution is -2.22. The molecule has 0 amide bonds. The fourth-order valence-electron chi connectivity index (χ4n) is 2.21. The molecule has 0 aliphatic carbocycles. The van der Waals surface area contributed by atoms with Gasteiger partial charge in [0.25, 0.3) is 0 Å². The summed E-state index contributed by atoms with van der Waals surface area (Å²) in [5.41, 5.74) is 9.13. The van der Waals surface area contributed by atoms with Crippen LogP contribution < -0.4 is 10.6 Å². The normalized spacial score (nSPS) is 10.4. The molecule has 0 saturated carbocycles. The Kier molecular flexibility index (Phi) is 5.59. The van der Waals surface area contributed by atoms with E-state index in [1.165, 1.54) is 0 Å². The Bertz CT molecular complexity index is 614. The number of thioether (sulfide) groups is 1. The maximum Gasteiger partial charge on any atom is 0.107 e. The smallest absolute Gasteiger partial charge is 0.107 e. The first-order chi connectivity index (χ1) is 10.1. The van der Waals surface area contributed by atoms with E-state index in [9.17, 15) is 0 Å². The number of hydrogen-bond acceptors (Lipinski definition) is 4. The van der Waals surface area contributed by atoms with E-state index >= 15 is 0 Å². The first kappa shape index (κ1) is 15.8. The van der Waals surface area contributed by atoms with Gasteiger partial charge >= 0.3 is 0 Å². The van der Waals surface area contributed by atoms with Crippen molar-refractivity contribution in [1.82, 2.24) is 4.98 Å². The minimum Gasteiger partial charge on any atom is -0.389 e. The summed E-state index contributed by atoms with van der Waals surface area (Å²) in [6, 6.07) is 10.2. The number of rotatable bonds is 6. The van der Waals surface area contributed by atoms with Crippen LogP contribution in [-0.4, -0.2) is 22.8 Å². The molecule has 0 unspecified atom stereocenters. The molecule has 1 heterocycles. The molecule has 0 aliphatic heterocycles. The van der Waals surface area contributed by atoms with Crippen LogP contribution in [0.4, 0.5) is 5.69 Å². The van der Waals surface area contributed by atoms with Crippen LogP contribution in [0.25, 0.3) is 0 Å². The second-order valence-corrected chi connectivity index (χ2v) is 6.41. The monoisotopic (exact) mass is 317 g/mol. The van der Waals surface area contributed by atoms with Gasteiger partial charge in [-0.25, -0.2) is 0 Å². The molecule has 3 nitrogen and oxygen atoms in total. The van der Waals surface area contributed by atoms with Crippen LogP contribution in [0, 0.1) is 0 Å². The van der Waals surface area contributed by atoms with Crippen LogP contribution in [-0.2, 0) is 6.54 Å². The Balaban J connectivity index is 2.34. The summed E-state index contributed by atoms with van der Waals surface area (Å²) < 4.78 is 0. The number of nitrogens with two attached hydrogens (primary N) is 1. The summed E-state index contributed by atoms with van der Waals surface area (Å²) in [6.07, 6.45) is 3.66. The molecule has 1 aromatic heterocycles. The van der Waals surface area contributed by atoms with E-state index in [1.807, 2.05) is 19.3 Å². The molecular formula is C16H19N3S2. The molecule has 2 aromatic rings. The molecule has 0 aliphatic rings. The van der Waals surface area contributed by atoms with Crippen molar-refractivity contribution in [2.75, 3.05) is 17.7 Å². The van der Waals surface area contributed by atoms with Gasteiger partial charge in [0.1, 0.15) is 4.99 Å². The molecular weight excluding hydrogens is 298 g/mol. The van der Waals surface area contributed by atoms with Gasteiger partial charge in [-0.1, -0.05) is 31.3 Å². The first-order valence-electron chi connectivity index (χ1n) is 6.79. The molecule has 0 atom stereocenters. The van der Waals surface area contributed by atoms with Gasteiger partial charge in [0, 0.05) is 42.1 Å². The molecule has 0 saturated heterocycles. The minimum atomic E-state index is 0.444. The largest absolute Gasteiger partial charge is 0.389 e. The molecule has 21 heavy (non-hydrogen) atoms. The first-order valence-corrected chi connectivity index (χ1v) is 8.18. The Morgan fingerprint density at radius 1 is 1.33 bits per heavy atom. The lowest BCUT2D eigenvalue weighted by molar-refractivity contribution is 0.911. The third-order valence-corrected chi connectivity index (χ3v) is 4.25. The molecule has 2 rings (SSSR count). The highest BCUT2D eigenvalue weighted by molar-refractivity contribution is 7.99. The van der Waals surface area contributed by atoms with E-state index in [1.54, 1.807) is 18.0 Å². The fourth-order valence-corrected chi connectivity index (χ4v) is 3.34. The summed E-state index contributed by atoms with van der Waals surface area (Å²) in [4.78, 5) is 7.90. The van der Waals surface area contributed by atoms with Crippen molar-refractivity contribution in [3.63, 3.8) is 0 Å². The van der Waals surface area contributed by atoms with E-state index < -0.39 is 0 Å². The minimum absolute atomic E-state index is 0.444. The molecule has 0 bridgehead atoms. The predicted molar refractivity (Wildman–Crippen MR) is 95.1 cm³/mol. The highest BCUT2D eigenvalue weighted by Gasteiger charge is 2.14. The third kappa shape index (κ3) is 3.95. The van der Waals surface area contributed by atoms with Gasteiger partial charge in [0.05, 0.1) is 0 Å². The van der Waals surface area contributed by atoms with Crippen molar-refractivity contribution in [3.05, 3.63) is 53.9 Å². The second-order valence-electron chi connectivity index (χ2n) is 4.66. The van der Waals surface area contributed by atoms with Crippen LogP contribution >= 0.6 is 24.0 Å². The van der Waals surface area contributed by atoms with Crippen LogP contribution in [0.3, 0.4) is 0 Å². The lowest BCUT2D eigenvalue weighted by Gasteiger charge is -2.23. The van der Waals surface area contributed by atoms with Gasteiger partial charge in [-0.05, 0) is 29.5 Å². The fraction of sp³-hybridized carbons (Fsp3) is 0.250. The van der Waals surface area contributed by atoms with Gasteiger partial charge in [-0.2, -0.15) is 0 Å². The zero-order valence-corrected chi connectivity index (χ0v) is 13.9. The molecule has 0 spiro atoms. The van der Waals surface area contributed by atoms with Crippen LogP contribution in [0.1, 0.15) is 18.1 Å². The highest BCUT2D eigenvalue weighted by Crippen LogP contribution is 2.31. The van der Waals surface area contributed by atoms with E-state index in [0.29, 0.717) is 4.99 Å². The quantitative estimate of drug-likeness (QED) is 0.653. The van der Waals surface area contributed by atoms with Gasteiger partial charge in [0.2, 0.25) is 0 Å². The van der Waals surface area contributed by atoms with Crippen molar-refractivity contribution in [1.29, 1.82) is 0 Å². The van der Waals surface area contributed by atoms with Crippen molar-refractivity contribution >= 4 is 34.7 Å². The average molecular weight is 317 g/mol. The Morgan fingerprint density at radius 2 is 2.14 bits per heavy atom. The SMILES string of the molecule is CCSc1cccc(N(C)Cc2cccnc2)c1C(N)=S. The Morgan fingerprint density at radius 3 is 2.76 bits per heavy atom. The zero-order valence-electron chi connectivity index (χ0n) is 12.2. The van der Waals surface area contributed by atoms with Crippen LogP contribution in [0.15, 0.2) is 47.6 Å². The second kappa shape index (κ2) is 7.43. The lowest BCUT2D eigenvalue weighted by atomic mass is 10.1. The van der Waals surface area contributed by atoms with E-state index in [-0.39, 0.29) is 0 Å². The number of anilines is 1. The van der Waals surface area contributed by atoms with Crippen LogP contribution in [0.5, 0.6) is 0 Å². The number of aromatic nitrogens is 1. The van der Waals surface area contributed by atoms with Crippen molar-refractivity contribution < 1.29 is 0 Å². The summed E-state index contributed by atoms with van der Waals surface area (Å²) in [5.74, 6) is 0.991. The number of pyridine rings is 1. The van der Waals surface area contributed by atoms with E-state index in [4.69, 9.17) is 18.0 Å². The zero-order chi connectivity index (χ0) is 15.2. The Hall–Kier alpha value is -1.59. The molecule has 0 fully saturated rings. The number of benzene rings is 1. The topological polar surface area (TPSA) is 42.2 Å². The van der Waals surface area contributed by atoms with Crippen molar-refractivity contribution in [3.8, 4) is 0 Å². The summed E-state index contributed by atoms with van der Waals surface area (Å²) >= 11 is 7.02. The van der Waals surface area contributed by atoms with Crippen LogP contribution in [0.2, 0.25) is 0 Å². The molecule has 1 aromatic carbocycles.